The second-order valence-corrected chi connectivity index (χ2v) is 7.85. The van der Waals surface area contributed by atoms with Crippen molar-refractivity contribution in [1.82, 2.24) is 9.29 Å². The topological polar surface area (TPSA) is 92.5 Å². The van der Waals surface area contributed by atoms with E-state index in [0.717, 1.165) is 0 Å². The van der Waals surface area contributed by atoms with E-state index in [1.54, 1.807) is 25.1 Å². The molecule has 0 bridgehead atoms. The van der Waals surface area contributed by atoms with Gasteiger partial charge in [0.15, 0.2) is 11.5 Å². The van der Waals surface area contributed by atoms with Gasteiger partial charge in [-0.15, -0.1) is 0 Å². The predicted molar refractivity (Wildman–Crippen MR) is 86.5 cm³/mol. The van der Waals surface area contributed by atoms with E-state index < -0.39 is 10.0 Å². The van der Waals surface area contributed by atoms with Gasteiger partial charge < -0.3 is 9.73 Å². The van der Waals surface area contributed by atoms with Gasteiger partial charge in [-0.1, -0.05) is 0 Å². The number of benzene rings is 1. The molecule has 1 aliphatic rings. The van der Waals surface area contributed by atoms with Crippen LogP contribution in [0.1, 0.15) is 18.7 Å². The van der Waals surface area contributed by atoms with Gasteiger partial charge in [-0.3, -0.25) is 4.79 Å². The van der Waals surface area contributed by atoms with Crippen LogP contribution in [0.5, 0.6) is 0 Å². The minimum Gasteiger partial charge on any atom is -0.441 e. The number of fused-ring (bicyclic) bond motifs is 1. The number of carbonyl (C=O) groups is 1. The summed E-state index contributed by atoms with van der Waals surface area (Å²) in [6.45, 7) is 2.48. The Balaban J connectivity index is 1.72. The lowest BCUT2D eigenvalue weighted by Gasteiger charge is -2.30. The van der Waals surface area contributed by atoms with Gasteiger partial charge in [0.05, 0.1) is 12.2 Å². The maximum absolute atomic E-state index is 12.4. The van der Waals surface area contributed by atoms with Gasteiger partial charge in [-0.05, 0) is 31.0 Å². The third-order valence-electron chi connectivity index (χ3n) is 3.99. The minimum atomic E-state index is -3.26. The lowest BCUT2D eigenvalue weighted by Crippen LogP contribution is -2.43. The second kappa shape index (κ2) is 5.93. The number of hydrogen-bond donors (Lipinski definition) is 1. The van der Waals surface area contributed by atoms with Crippen molar-refractivity contribution in [3.63, 3.8) is 0 Å². The zero-order valence-corrected chi connectivity index (χ0v) is 13.9. The van der Waals surface area contributed by atoms with Gasteiger partial charge in [0.1, 0.15) is 5.52 Å². The molecule has 1 unspecified atom stereocenters. The van der Waals surface area contributed by atoms with Crippen molar-refractivity contribution >= 4 is 32.7 Å². The van der Waals surface area contributed by atoms with Gasteiger partial charge in [0, 0.05) is 25.7 Å². The number of carbonyl (C=O) groups excluding carboxylic acids is 1. The Bertz CT molecular complexity index is 844. The van der Waals surface area contributed by atoms with Crippen LogP contribution in [0.4, 0.5) is 5.69 Å². The fourth-order valence-corrected chi connectivity index (χ4v) is 3.73. The summed E-state index contributed by atoms with van der Waals surface area (Å²) in [5, 5.41) is 2.84. The third kappa shape index (κ3) is 3.53. The van der Waals surface area contributed by atoms with Crippen molar-refractivity contribution in [3.8, 4) is 0 Å². The standard InChI is InChI=1S/C15H19N3O4S/c1-10-16-13-8-12(5-6-14(13)22-10)17-15(19)11-4-3-7-18(9-11)23(2,20)21/h5-6,8,11H,3-4,7,9H2,1-2H3,(H,17,19). The molecule has 1 aromatic heterocycles. The number of anilines is 1. The Kier molecular flexibility index (Phi) is 4.11. The molecule has 23 heavy (non-hydrogen) atoms. The van der Waals surface area contributed by atoms with E-state index in [0.29, 0.717) is 42.1 Å². The first kappa shape index (κ1) is 15.9. The van der Waals surface area contributed by atoms with Crippen LogP contribution in [-0.2, 0) is 14.8 Å². The Hall–Kier alpha value is -1.93. The van der Waals surface area contributed by atoms with E-state index in [9.17, 15) is 13.2 Å². The molecule has 1 amide bonds. The average molecular weight is 337 g/mol. The van der Waals surface area contributed by atoms with Crippen LogP contribution in [0, 0.1) is 12.8 Å². The molecular formula is C15H19N3O4S. The molecule has 1 fully saturated rings. The Labute approximate surface area is 134 Å². The third-order valence-corrected chi connectivity index (χ3v) is 5.26. The highest BCUT2D eigenvalue weighted by atomic mass is 32.2. The summed E-state index contributed by atoms with van der Waals surface area (Å²) < 4.78 is 30.0. The molecule has 8 heteroatoms. The SMILES string of the molecule is Cc1nc2cc(NC(=O)C3CCCN(S(C)(=O)=O)C3)ccc2o1. The van der Waals surface area contributed by atoms with Crippen molar-refractivity contribution < 1.29 is 17.6 Å². The number of aryl methyl sites for hydroxylation is 1. The number of nitrogens with zero attached hydrogens (tertiary/aromatic N) is 2. The molecule has 1 aromatic carbocycles. The van der Waals surface area contributed by atoms with Gasteiger partial charge in [-0.25, -0.2) is 17.7 Å². The molecule has 1 aliphatic heterocycles. The highest BCUT2D eigenvalue weighted by Crippen LogP contribution is 2.23. The number of sulfonamides is 1. The van der Waals surface area contributed by atoms with Crippen molar-refractivity contribution in [2.75, 3.05) is 24.7 Å². The average Bonchev–Trinajstić information content (AvgIpc) is 2.86. The fraction of sp³-hybridized carbons (Fsp3) is 0.467. The predicted octanol–water partition coefficient (Wildman–Crippen LogP) is 1.75. The summed E-state index contributed by atoms with van der Waals surface area (Å²) in [4.78, 5) is 16.6. The van der Waals surface area contributed by atoms with Crippen LogP contribution in [0.15, 0.2) is 22.6 Å². The number of rotatable bonds is 3. The monoisotopic (exact) mass is 337 g/mol. The van der Waals surface area contributed by atoms with Gasteiger partial charge in [0.2, 0.25) is 15.9 Å². The molecule has 3 rings (SSSR count). The summed E-state index contributed by atoms with van der Waals surface area (Å²) >= 11 is 0. The van der Waals surface area contributed by atoms with Crippen LogP contribution < -0.4 is 5.32 Å². The molecule has 0 spiro atoms. The number of piperidine rings is 1. The molecular weight excluding hydrogens is 318 g/mol. The molecule has 1 N–H and O–H groups in total. The van der Waals surface area contributed by atoms with Crippen LogP contribution in [0.2, 0.25) is 0 Å². The van der Waals surface area contributed by atoms with Crippen molar-refractivity contribution in [3.05, 3.63) is 24.1 Å². The van der Waals surface area contributed by atoms with Crippen LogP contribution >= 0.6 is 0 Å². The second-order valence-electron chi connectivity index (χ2n) is 5.86. The van der Waals surface area contributed by atoms with Crippen molar-refractivity contribution in [2.45, 2.75) is 19.8 Å². The molecule has 1 saturated heterocycles. The van der Waals surface area contributed by atoms with Gasteiger partial charge in [-0.2, -0.15) is 0 Å². The Morgan fingerprint density at radius 2 is 2.22 bits per heavy atom. The van der Waals surface area contributed by atoms with E-state index >= 15 is 0 Å². The molecule has 2 aromatic rings. The van der Waals surface area contributed by atoms with E-state index in [1.165, 1.54) is 10.6 Å². The van der Waals surface area contributed by atoms with Gasteiger partial charge >= 0.3 is 0 Å². The normalized spacial score (nSPS) is 19.8. The lowest BCUT2D eigenvalue weighted by molar-refractivity contribution is -0.120. The highest BCUT2D eigenvalue weighted by molar-refractivity contribution is 7.88. The Morgan fingerprint density at radius 3 is 2.96 bits per heavy atom. The number of amides is 1. The summed E-state index contributed by atoms with van der Waals surface area (Å²) in [7, 11) is -3.26. The summed E-state index contributed by atoms with van der Waals surface area (Å²) in [5.74, 6) is 0.0608. The maximum Gasteiger partial charge on any atom is 0.228 e. The van der Waals surface area contributed by atoms with Crippen molar-refractivity contribution in [2.24, 2.45) is 5.92 Å². The fourth-order valence-electron chi connectivity index (χ4n) is 2.82. The minimum absolute atomic E-state index is 0.169. The van der Waals surface area contributed by atoms with E-state index in [1.807, 2.05) is 0 Å². The summed E-state index contributed by atoms with van der Waals surface area (Å²) in [6, 6.07) is 5.26. The Morgan fingerprint density at radius 1 is 1.43 bits per heavy atom. The lowest BCUT2D eigenvalue weighted by atomic mass is 9.98. The molecule has 0 aliphatic carbocycles. The molecule has 2 heterocycles. The van der Waals surface area contributed by atoms with E-state index in [4.69, 9.17) is 4.42 Å². The highest BCUT2D eigenvalue weighted by Gasteiger charge is 2.30. The molecule has 124 valence electrons. The molecule has 0 radical (unpaired) electrons. The summed E-state index contributed by atoms with van der Waals surface area (Å²) in [6.07, 6.45) is 2.55. The van der Waals surface area contributed by atoms with Crippen molar-refractivity contribution in [1.29, 1.82) is 0 Å². The zero-order chi connectivity index (χ0) is 16.6. The summed E-state index contributed by atoms with van der Waals surface area (Å²) in [5.41, 5.74) is 1.98. The quantitative estimate of drug-likeness (QED) is 0.921. The smallest absolute Gasteiger partial charge is 0.228 e. The molecule has 0 saturated carbocycles. The van der Waals surface area contributed by atoms with Crippen LogP contribution in [0.25, 0.3) is 11.1 Å². The van der Waals surface area contributed by atoms with Crippen LogP contribution in [0.3, 0.4) is 0 Å². The first-order chi connectivity index (χ1) is 10.8. The van der Waals surface area contributed by atoms with E-state index in [2.05, 4.69) is 10.3 Å². The van der Waals surface area contributed by atoms with Crippen LogP contribution in [-0.4, -0.2) is 43.0 Å². The zero-order valence-electron chi connectivity index (χ0n) is 13.1. The molecule has 7 nitrogen and oxygen atoms in total. The number of aromatic nitrogens is 1. The van der Waals surface area contributed by atoms with E-state index in [-0.39, 0.29) is 18.4 Å². The number of nitrogens with one attached hydrogen (secondary N) is 1. The number of hydrogen-bond acceptors (Lipinski definition) is 5. The first-order valence-corrected chi connectivity index (χ1v) is 9.31. The first-order valence-electron chi connectivity index (χ1n) is 7.46. The largest absolute Gasteiger partial charge is 0.441 e. The molecule has 1 atom stereocenters. The van der Waals surface area contributed by atoms with Gasteiger partial charge in [0.25, 0.3) is 0 Å². The maximum atomic E-state index is 12.4. The number of oxazole rings is 1.